The summed E-state index contributed by atoms with van der Waals surface area (Å²) < 4.78 is 19.7. The first-order valence-corrected chi connectivity index (χ1v) is 9.56. The molecule has 0 N–H and O–H groups in total. The van der Waals surface area contributed by atoms with Gasteiger partial charge >= 0.3 is 0 Å². The summed E-state index contributed by atoms with van der Waals surface area (Å²) in [6.45, 7) is 3.38. The highest BCUT2D eigenvalue weighted by molar-refractivity contribution is 5.27. The molecule has 0 aromatic heterocycles. The van der Waals surface area contributed by atoms with E-state index in [9.17, 15) is 4.39 Å². The van der Waals surface area contributed by atoms with Crippen molar-refractivity contribution in [3.63, 3.8) is 0 Å². The van der Waals surface area contributed by atoms with Crippen LogP contribution in [0.3, 0.4) is 0 Å². The Morgan fingerprint density at radius 3 is 2.83 bits per heavy atom. The second-order valence-corrected chi connectivity index (χ2v) is 8.71. The lowest BCUT2D eigenvalue weighted by Gasteiger charge is -2.38. The highest BCUT2D eigenvalue weighted by Crippen LogP contribution is 2.67. The van der Waals surface area contributed by atoms with Gasteiger partial charge in [0.25, 0.3) is 0 Å². The normalized spacial score (nSPS) is 47.5. The lowest BCUT2D eigenvalue weighted by atomic mass is 9.64. The van der Waals surface area contributed by atoms with Crippen LogP contribution in [0.25, 0.3) is 0 Å². The maximum Gasteiger partial charge on any atom is 0.123 e. The Hall–Kier alpha value is -1.19. The molecule has 2 aliphatic carbocycles. The topological polar surface area (TPSA) is 12.5 Å². The molecule has 7 atom stereocenters. The summed E-state index contributed by atoms with van der Waals surface area (Å²) in [5, 5.41) is 0. The van der Waals surface area contributed by atoms with Crippen LogP contribution >= 0.6 is 0 Å². The van der Waals surface area contributed by atoms with Crippen LogP contribution in [0, 0.1) is 35.4 Å². The Morgan fingerprint density at radius 1 is 1.12 bits per heavy atom. The molecule has 1 saturated carbocycles. The first-order valence-electron chi connectivity index (χ1n) is 9.56. The molecule has 3 heterocycles. The summed E-state index contributed by atoms with van der Waals surface area (Å²) >= 11 is 0. The summed E-state index contributed by atoms with van der Waals surface area (Å²) in [4.78, 5) is 2.61. The van der Waals surface area contributed by atoms with Gasteiger partial charge in [0, 0.05) is 31.5 Å². The van der Waals surface area contributed by atoms with Crippen molar-refractivity contribution in [3.8, 4) is 0 Å². The number of ether oxygens (including phenoxy) is 1. The van der Waals surface area contributed by atoms with Gasteiger partial charge in [0.1, 0.15) is 5.82 Å². The third-order valence-electron chi connectivity index (χ3n) is 7.67. The second kappa shape index (κ2) is 4.70. The van der Waals surface area contributed by atoms with Crippen molar-refractivity contribution in [2.24, 2.45) is 29.6 Å². The van der Waals surface area contributed by atoms with E-state index in [2.05, 4.69) is 17.1 Å². The van der Waals surface area contributed by atoms with E-state index in [0.29, 0.717) is 6.10 Å². The number of likely N-dealkylation sites (tertiary alicyclic amines) is 1. The minimum Gasteiger partial charge on any atom is -0.369 e. The van der Waals surface area contributed by atoms with Gasteiger partial charge in [-0.2, -0.15) is 0 Å². The molecule has 6 rings (SSSR count). The van der Waals surface area contributed by atoms with E-state index in [0.717, 1.165) is 49.1 Å². The largest absolute Gasteiger partial charge is 0.369 e. The molecule has 4 fully saturated rings. The van der Waals surface area contributed by atoms with Gasteiger partial charge < -0.3 is 4.74 Å². The van der Waals surface area contributed by atoms with Crippen LogP contribution in [-0.4, -0.2) is 36.2 Å². The van der Waals surface area contributed by atoms with Gasteiger partial charge in [-0.15, -0.1) is 0 Å². The maximum atomic E-state index is 13.1. The minimum atomic E-state index is -0.144. The van der Waals surface area contributed by atoms with Crippen LogP contribution in [0.4, 0.5) is 4.39 Å². The van der Waals surface area contributed by atoms with Crippen molar-refractivity contribution in [1.29, 1.82) is 0 Å². The first-order chi connectivity index (χ1) is 11.7. The average Bonchev–Trinajstić information content (AvgIpc) is 3.34. The molecule has 126 valence electrons. The van der Waals surface area contributed by atoms with Crippen molar-refractivity contribution in [3.05, 3.63) is 47.8 Å². The van der Waals surface area contributed by atoms with Crippen LogP contribution in [0.2, 0.25) is 0 Å². The zero-order valence-corrected chi connectivity index (χ0v) is 13.9. The van der Waals surface area contributed by atoms with E-state index >= 15 is 0 Å². The van der Waals surface area contributed by atoms with Crippen molar-refractivity contribution in [1.82, 2.24) is 4.90 Å². The highest BCUT2D eigenvalue weighted by atomic mass is 19.1. The molecule has 0 amide bonds. The molecular weight excluding hydrogens is 301 g/mol. The van der Waals surface area contributed by atoms with Crippen molar-refractivity contribution in [2.75, 3.05) is 19.6 Å². The van der Waals surface area contributed by atoms with Gasteiger partial charge in [-0.05, 0) is 54.7 Å². The zero-order valence-electron chi connectivity index (χ0n) is 13.9. The van der Waals surface area contributed by atoms with Gasteiger partial charge in [0.05, 0.1) is 11.7 Å². The molecule has 5 aliphatic rings. The number of hydrogen-bond acceptors (Lipinski definition) is 2. The molecule has 2 nitrogen and oxygen atoms in total. The predicted molar refractivity (Wildman–Crippen MR) is 90.0 cm³/mol. The van der Waals surface area contributed by atoms with Crippen LogP contribution in [0.15, 0.2) is 36.4 Å². The summed E-state index contributed by atoms with van der Waals surface area (Å²) in [5.74, 6) is 3.78. The molecule has 7 unspecified atom stereocenters. The maximum absolute atomic E-state index is 13.1. The smallest absolute Gasteiger partial charge is 0.123 e. The van der Waals surface area contributed by atoms with Crippen LogP contribution in [-0.2, 0) is 11.2 Å². The third kappa shape index (κ3) is 1.72. The Balaban J connectivity index is 1.19. The Labute approximate surface area is 142 Å². The van der Waals surface area contributed by atoms with Gasteiger partial charge in [-0.25, -0.2) is 4.39 Å². The minimum absolute atomic E-state index is 0.144. The molecule has 0 radical (unpaired) electrons. The van der Waals surface area contributed by atoms with Gasteiger partial charge in [-0.3, -0.25) is 4.90 Å². The zero-order chi connectivity index (χ0) is 15.9. The summed E-state index contributed by atoms with van der Waals surface area (Å²) in [5.41, 5.74) is 1.39. The third-order valence-corrected chi connectivity index (χ3v) is 7.67. The lowest BCUT2D eigenvalue weighted by Crippen LogP contribution is -2.46. The highest BCUT2D eigenvalue weighted by Gasteiger charge is 2.72. The van der Waals surface area contributed by atoms with Gasteiger partial charge in [0.2, 0.25) is 0 Å². The Kier molecular flexibility index (Phi) is 2.75. The fraction of sp³-hybridized carbons (Fsp3) is 0.619. The average molecular weight is 325 g/mol. The summed E-state index contributed by atoms with van der Waals surface area (Å²) in [6.07, 6.45) is 9.18. The van der Waals surface area contributed by atoms with E-state index < -0.39 is 0 Å². The number of halogens is 1. The predicted octanol–water partition coefficient (Wildman–Crippen LogP) is 3.28. The number of hydrogen-bond donors (Lipinski definition) is 0. The van der Waals surface area contributed by atoms with Crippen molar-refractivity contribution in [2.45, 2.75) is 31.0 Å². The van der Waals surface area contributed by atoms with Crippen LogP contribution in [0.5, 0.6) is 0 Å². The lowest BCUT2D eigenvalue weighted by molar-refractivity contribution is -0.0267. The fourth-order valence-corrected chi connectivity index (χ4v) is 6.88. The Bertz CT molecular complexity index is 700. The van der Waals surface area contributed by atoms with E-state index in [4.69, 9.17) is 4.74 Å². The van der Waals surface area contributed by atoms with E-state index in [-0.39, 0.29) is 11.4 Å². The number of allylic oxidation sites excluding steroid dienone is 2. The number of fused-ring (bicyclic) bond motifs is 7. The van der Waals surface area contributed by atoms with Gasteiger partial charge in [-0.1, -0.05) is 24.3 Å². The summed E-state index contributed by atoms with van der Waals surface area (Å²) in [7, 11) is 0. The SMILES string of the molecule is Fc1ccc(CCN2CC3CC4OC3(C2)C2C3C=CC(C3)C42)cc1. The first kappa shape index (κ1) is 14.0. The molecule has 1 aromatic carbocycles. The molecule has 3 aliphatic heterocycles. The molecular formula is C21H24FNO. The standard InChI is InChI=1S/C21H24FNO/c22-17-5-1-13(2-6-17)7-8-23-11-16-10-18-19-14-3-4-15(9-14)20(19)21(16,12-23)24-18/h1-6,14-16,18-20H,7-12H2. The van der Waals surface area contributed by atoms with Gasteiger partial charge in [0.15, 0.2) is 0 Å². The quantitative estimate of drug-likeness (QED) is 0.791. The molecule has 3 saturated heterocycles. The second-order valence-electron chi connectivity index (χ2n) is 8.71. The summed E-state index contributed by atoms with van der Waals surface area (Å²) in [6, 6.07) is 6.99. The van der Waals surface area contributed by atoms with E-state index in [1.165, 1.54) is 24.9 Å². The molecule has 4 bridgehead atoms. The van der Waals surface area contributed by atoms with E-state index in [1.807, 2.05) is 12.1 Å². The fourth-order valence-electron chi connectivity index (χ4n) is 6.88. The van der Waals surface area contributed by atoms with Crippen LogP contribution < -0.4 is 0 Å². The van der Waals surface area contributed by atoms with Crippen molar-refractivity contribution < 1.29 is 9.13 Å². The number of rotatable bonds is 3. The molecule has 1 aromatic rings. The number of nitrogens with zero attached hydrogens (tertiary/aromatic N) is 1. The molecule has 3 heteroatoms. The molecule has 24 heavy (non-hydrogen) atoms. The van der Waals surface area contributed by atoms with Crippen molar-refractivity contribution >= 4 is 0 Å². The van der Waals surface area contributed by atoms with E-state index in [1.54, 1.807) is 12.1 Å². The number of benzene rings is 1. The monoisotopic (exact) mass is 325 g/mol. The van der Waals surface area contributed by atoms with Crippen LogP contribution in [0.1, 0.15) is 18.4 Å². The Morgan fingerprint density at radius 2 is 1.96 bits per heavy atom. The molecule has 1 spiro atoms.